The normalized spacial score (nSPS) is 17.6. The SMILES string of the molecule is CC(C)NC(=O)CCCCCN1/C(=C/C=C/C=C/C2=[N+](C)c3ccc4ccccc4c3C2(C)C)C(C)(C)c2c1ccc1ccccc21. The van der Waals surface area contributed by atoms with Gasteiger partial charge in [0.15, 0.2) is 5.71 Å². The van der Waals surface area contributed by atoms with Gasteiger partial charge in [-0.2, -0.15) is 4.58 Å². The Morgan fingerprint density at radius 2 is 1.45 bits per heavy atom. The summed E-state index contributed by atoms with van der Waals surface area (Å²) in [5.41, 5.74) is 7.75. The number of benzene rings is 4. The predicted octanol–water partition coefficient (Wildman–Crippen LogP) is 9.88. The van der Waals surface area contributed by atoms with Crippen LogP contribution in [0, 0.1) is 0 Å². The van der Waals surface area contributed by atoms with Crippen LogP contribution in [0.1, 0.15) is 78.4 Å². The second-order valence-electron chi connectivity index (χ2n) is 14.5. The van der Waals surface area contributed by atoms with E-state index >= 15 is 0 Å². The number of hydrogen-bond acceptors (Lipinski definition) is 2. The van der Waals surface area contributed by atoms with Gasteiger partial charge < -0.3 is 10.2 Å². The van der Waals surface area contributed by atoms with Gasteiger partial charge in [0.2, 0.25) is 11.6 Å². The molecule has 2 aliphatic rings. The zero-order valence-electron chi connectivity index (χ0n) is 29.2. The highest BCUT2D eigenvalue weighted by Crippen LogP contribution is 2.51. The summed E-state index contributed by atoms with van der Waals surface area (Å²) in [7, 11) is 2.19. The first-order valence-corrected chi connectivity index (χ1v) is 17.3. The lowest BCUT2D eigenvalue weighted by Gasteiger charge is -2.27. The van der Waals surface area contributed by atoms with Crippen molar-refractivity contribution in [3.8, 4) is 0 Å². The molecule has 4 heteroatoms. The van der Waals surface area contributed by atoms with Gasteiger partial charge in [-0.15, -0.1) is 0 Å². The highest BCUT2D eigenvalue weighted by atomic mass is 16.1. The zero-order valence-corrected chi connectivity index (χ0v) is 29.2. The molecule has 4 aromatic carbocycles. The van der Waals surface area contributed by atoms with Crippen LogP contribution < -0.4 is 10.2 Å². The standard InChI is InChI=1S/C43H49N3O/c1-30(2)44-39(47)24-12-9-17-29-46-36-28-26-32-19-14-16-21-34(32)41(36)43(5,6)38(46)23-11-8-10-22-37-42(3,4)40-33-20-15-13-18-31(33)25-27-35(40)45(37)7/h8,10-11,13-16,18-23,25-28,30H,9,12,17,24,29H2,1-7H3/p+1. The average Bonchev–Trinajstić information content (AvgIpc) is 3.38. The molecule has 0 fully saturated rings. The molecule has 4 aromatic rings. The van der Waals surface area contributed by atoms with E-state index in [1.165, 1.54) is 55.5 Å². The maximum atomic E-state index is 12.2. The number of carbonyl (C=O) groups is 1. The molecular formula is C43H50N3O+. The van der Waals surface area contributed by atoms with Crippen molar-refractivity contribution >= 4 is 44.5 Å². The van der Waals surface area contributed by atoms with E-state index in [9.17, 15) is 4.79 Å². The first-order chi connectivity index (χ1) is 22.5. The van der Waals surface area contributed by atoms with Crippen LogP contribution >= 0.6 is 0 Å². The lowest BCUT2D eigenvalue weighted by Crippen LogP contribution is -2.29. The third-order valence-corrected chi connectivity index (χ3v) is 10.1. The Balaban J connectivity index is 1.24. The lowest BCUT2D eigenvalue weighted by atomic mass is 9.79. The summed E-state index contributed by atoms with van der Waals surface area (Å²) in [5.74, 6) is 0.153. The van der Waals surface area contributed by atoms with Gasteiger partial charge in [0.25, 0.3) is 0 Å². The number of amides is 1. The molecule has 47 heavy (non-hydrogen) atoms. The summed E-state index contributed by atoms with van der Waals surface area (Å²) in [5, 5.41) is 8.25. The van der Waals surface area contributed by atoms with Crippen LogP contribution in [-0.2, 0) is 15.6 Å². The predicted molar refractivity (Wildman–Crippen MR) is 200 cm³/mol. The van der Waals surface area contributed by atoms with Crippen molar-refractivity contribution in [3.05, 3.63) is 120 Å². The van der Waals surface area contributed by atoms with E-state index in [1.807, 2.05) is 13.8 Å². The maximum Gasteiger partial charge on any atom is 0.220 e. The Hall–Kier alpha value is -4.44. The number of unbranched alkanes of at least 4 members (excludes halogenated alkanes) is 2. The molecule has 1 N–H and O–H groups in total. The molecule has 4 nitrogen and oxygen atoms in total. The Morgan fingerprint density at radius 1 is 0.787 bits per heavy atom. The topological polar surface area (TPSA) is 35.4 Å². The van der Waals surface area contributed by atoms with Gasteiger partial charge in [-0.25, -0.2) is 0 Å². The summed E-state index contributed by atoms with van der Waals surface area (Å²) < 4.78 is 2.35. The third kappa shape index (κ3) is 6.06. The molecule has 0 saturated heterocycles. The van der Waals surface area contributed by atoms with E-state index in [1.54, 1.807) is 0 Å². The fourth-order valence-corrected chi connectivity index (χ4v) is 7.95. The number of hydrogen-bond donors (Lipinski definition) is 1. The number of nitrogens with zero attached hydrogens (tertiary/aromatic N) is 2. The van der Waals surface area contributed by atoms with Crippen molar-refractivity contribution in [2.75, 3.05) is 18.5 Å². The summed E-state index contributed by atoms with van der Waals surface area (Å²) in [6.45, 7) is 14.3. The second-order valence-corrected chi connectivity index (χ2v) is 14.5. The lowest BCUT2D eigenvalue weighted by molar-refractivity contribution is -0.401. The van der Waals surface area contributed by atoms with Gasteiger partial charge in [0.05, 0.1) is 5.41 Å². The van der Waals surface area contributed by atoms with Crippen LogP contribution in [-0.4, -0.2) is 35.8 Å². The molecule has 6 rings (SSSR count). The molecule has 2 aliphatic heterocycles. The smallest absolute Gasteiger partial charge is 0.220 e. The Morgan fingerprint density at radius 3 is 2.15 bits per heavy atom. The molecule has 0 bridgehead atoms. The summed E-state index contributed by atoms with van der Waals surface area (Å²) in [6, 6.07) is 26.7. The minimum atomic E-state index is -0.146. The van der Waals surface area contributed by atoms with Crippen molar-refractivity contribution < 1.29 is 9.37 Å². The molecule has 0 spiro atoms. The van der Waals surface area contributed by atoms with E-state index in [0.717, 1.165) is 25.8 Å². The van der Waals surface area contributed by atoms with Crippen LogP contribution in [0.4, 0.5) is 11.4 Å². The van der Waals surface area contributed by atoms with Crippen molar-refractivity contribution in [1.29, 1.82) is 0 Å². The van der Waals surface area contributed by atoms with Crippen LogP contribution in [0.2, 0.25) is 0 Å². The molecule has 0 aromatic heterocycles. The van der Waals surface area contributed by atoms with E-state index in [0.29, 0.717) is 6.42 Å². The molecule has 242 valence electrons. The van der Waals surface area contributed by atoms with Crippen molar-refractivity contribution in [3.63, 3.8) is 0 Å². The summed E-state index contributed by atoms with van der Waals surface area (Å²) >= 11 is 0. The van der Waals surface area contributed by atoms with Gasteiger partial charge in [-0.1, -0.05) is 93.1 Å². The number of nitrogens with one attached hydrogen (secondary N) is 1. The number of rotatable bonds is 10. The van der Waals surface area contributed by atoms with Crippen molar-refractivity contribution in [2.45, 2.75) is 84.1 Å². The minimum absolute atomic E-state index is 0.101. The quantitative estimate of drug-likeness (QED) is 0.108. The maximum absolute atomic E-state index is 12.2. The van der Waals surface area contributed by atoms with Gasteiger partial charge in [0.1, 0.15) is 7.05 Å². The van der Waals surface area contributed by atoms with Crippen LogP contribution in [0.15, 0.2) is 109 Å². The zero-order chi connectivity index (χ0) is 33.3. The van der Waals surface area contributed by atoms with E-state index in [2.05, 4.69) is 153 Å². The van der Waals surface area contributed by atoms with Gasteiger partial charge in [0, 0.05) is 53.5 Å². The monoisotopic (exact) mass is 624 g/mol. The highest BCUT2D eigenvalue weighted by Gasteiger charge is 2.44. The van der Waals surface area contributed by atoms with E-state index in [4.69, 9.17) is 0 Å². The molecule has 0 saturated carbocycles. The molecule has 1 amide bonds. The Labute approximate surface area is 281 Å². The first kappa shape index (κ1) is 32.5. The third-order valence-electron chi connectivity index (χ3n) is 10.1. The van der Waals surface area contributed by atoms with E-state index < -0.39 is 0 Å². The number of allylic oxidation sites excluding steroid dienone is 6. The van der Waals surface area contributed by atoms with Crippen LogP contribution in [0.3, 0.4) is 0 Å². The van der Waals surface area contributed by atoms with Gasteiger partial charge in [-0.3, -0.25) is 4.79 Å². The second kappa shape index (κ2) is 13.0. The molecule has 0 unspecified atom stereocenters. The molecule has 0 atom stereocenters. The fraction of sp³-hybridized carbons (Fsp3) is 0.349. The van der Waals surface area contributed by atoms with E-state index in [-0.39, 0.29) is 22.8 Å². The van der Waals surface area contributed by atoms with Crippen molar-refractivity contribution in [2.24, 2.45) is 0 Å². The first-order valence-electron chi connectivity index (χ1n) is 17.3. The number of fused-ring (bicyclic) bond motifs is 6. The molecule has 0 radical (unpaired) electrons. The van der Waals surface area contributed by atoms with Crippen LogP contribution in [0.25, 0.3) is 21.5 Å². The van der Waals surface area contributed by atoms with Gasteiger partial charge in [-0.05, 0) is 85.9 Å². The molecular weight excluding hydrogens is 574 g/mol. The fourth-order valence-electron chi connectivity index (χ4n) is 7.95. The Bertz CT molecular complexity index is 1950. The minimum Gasteiger partial charge on any atom is -0.354 e. The number of carbonyl (C=O) groups excluding carboxylic acids is 1. The highest BCUT2D eigenvalue weighted by molar-refractivity contribution is 6.07. The number of anilines is 1. The average molecular weight is 625 g/mol. The largest absolute Gasteiger partial charge is 0.354 e. The summed E-state index contributed by atoms with van der Waals surface area (Å²) in [4.78, 5) is 14.7. The van der Waals surface area contributed by atoms with Crippen LogP contribution in [0.5, 0.6) is 0 Å². The Kier molecular flexibility index (Phi) is 8.98. The summed E-state index contributed by atoms with van der Waals surface area (Å²) in [6.07, 6.45) is 14.7. The van der Waals surface area contributed by atoms with Crippen molar-refractivity contribution in [1.82, 2.24) is 5.32 Å². The van der Waals surface area contributed by atoms with Gasteiger partial charge >= 0.3 is 0 Å². The molecule has 2 heterocycles. The molecule has 0 aliphatic carbocycles.